The van der Waals surface area contributed by atoms with Gasteiger partial charge in [0.05, 0.1) is 29.0 Å². The fourth-order valence-electron chi connectivity index (χ4n) is 4.35. The lowest BCUT2D eigenvalue weighted by Crippen LogP contribution is -2.44. The van der Waals surface area contributed by atoms with E-state index in [2.05, 4.69) is 15.3 Å². The van der Waals surface area contributed by atoms with E-state index < -0.39 is 10.0 Å². The maximum absolute atomic E-state index is 12.5. The predicted octanol–water partition coefficient (Wildman–Crippen LogP) is 2.30. The van der Waals surface area contributed by atoms with Gasteiger partial charge in [0, 0.05) is 30.1 Å². The molecular formula is C21H30N4O4S2. The quantitative estimate of drug-likeness (QED) is 0.598. The number of anilines is 1. The molecule has 0 amide bonds. The van der Waals surface area contributed by atoms with Crippen LogP contribution in [0, 0.1) is 0 Å². The van der Waals surface area contributed by atoms with Gasteiger partial charge in [-0.25, -0.2) is 17.7 Å². The zero-order valence-corrected chi connectivity index (χ0v) is 19.3. The number of fused-ring (bicyclic) bond motifs is 1. The molecule has 2 fully saturated rings. The number of hydrogen-bond donors (Lipinski definition) is 3. The van der Waals surface area contributed by atoms with E-state index >= 15 is 0 Å². The Morgan fingerprint density at radius 2 is 2.03 bits per heavy atom. The molecule has 3 N–H and O–H groups in total. The molecule has 1 atom stereocenters. The maximum atomic E-state index is 12.5. The molecule has 1 aromatic carbocycles. The summed E-state index contributed by atoms with van der Waals surface area (Å²) in [5.74, 6) is 1.29. The number of thioether (sulfide) groups is 1. The topological polar surface area (TPSA) is 115 Å². The molecule has 0 unspecified atom stereocenters. The highest BCUT2D eigenvalue weighted by Crippen LogP contribution is 2.30. The maximum Gasteiger partial charge on any atom is 0.258 e. The minimum absolute atomic E-state index is 0.0274. The standard InChI is InChI=1S/C21H30N4O4S2/c1-31(28,29)25-10-2-3-15(12-25)22-14-4-9-18-19(11-14)23-20(24-21(18)27)13-30-17-7-5-16(26)6-8-17/h4,9,11,15-17,22,26H,2-3,5-8,10,12-13H2,1H3,(H,23,24,27)/t15-,16-,17-/m1/s1. The lowest BCUT2D eigenvalue weighted by atomic mass is 9.97. The third-order valence-electron chi connectivity index (χ3n) is 6.08. The summed E-state index contributed by atoms with van der Waals surface area (Å²) >= 11 is 1.78. The second-order valence-corrected chi connectivity index (χ2v) is 11.9. The van der Waals surface area contributed by atoms with Crippen molar-refractivity contribution in [3.8, 4) is 0 Å². The van der Waals surface area contributed by atoms with Crippen LogP contribution in [0.3, 0.4) is 0 Å². The summed E-state index contributed by atoms with van der Waals surface area (Å²) in [5.41, 5.74) is 1.33. The molecule has 8 nitrogen and oxygen atoms in total. The lowest BCUT2D eigenvalue weighted by molar-refractivity contribution is 0.132. The van der Waals surface area contributed by atoms with E-state index in [4.69, 9.17) is 0 Å². The Labute approximate surface area is 186 Å². The molecule has 0 bridgehead atoms. The van der Waals surface area contributed by atoms with Crippen LogP contribution in [0.25, 0.3) is 10.9 Å². The van der Waals surface area contributed by atoms with Gasteiger partial charge in [-0.05, 0) is 56.7 Å². The van der Waals surface area contributed by atoms with Gasteiger partial charge in [0.15, 0.2) is 0 Å². The minimum Gasteiger partial charge on any atom is -0.393 e. The molecule has 2 aromatic rings. The van der Waals surface area contributed by atoms with Crippen LogP contribution in [0.2, 0.25) is 0 Å². The number of hydrogen-bond acceptors (Lipinski definition) is 7. The number of aromatic nitrogens is 2. The summed E-state index contributed by atoms with van der Waals surface area (Å²) in [6.45, 7) is 1.00. The number of nitrogens with zero attached hydrogens (tertiary/aromatic N) is 2. The molecule has 1 aromatic heterocycles. The zero-order chi connectivity index (χ0) is 22.0. The summed E-state index contributed by atoms with van der Waals surface area (Å²) in [4.78, 5) is 20.1. The van der Waals surface area contributed by atoms with Crippen molar-refractivity contribution in [2.75, 3.05) is 24.7 Å². The van der Waals surface area contributed by atoms with Crippen molar-refractivity contribution in [1.29, 1.82) is 0 Å². The minimum atomic E-state index is -3.20. The highest BCUT2D eigenvalue weighted by Gasteiger charge is 2.26. The van der Waals surface area contributed by atoms with Crippen LogP contribution in [0.5, 0.6) is 0 Å². The molecule has 2 heterocycles. The highest BCUT2D eigenvalue weighted by molar-refractivity contribution is 7.99. The Kier molecular flexibility index (Phi) is 6.90. The van der Waals surface area contributed by atoms with Gasteiger partial charge in [0.2, 0.25) is 10.0 Å². The molecule has 10 heteroatoms. The molecule has 1 aliphatic heterocycles. The number of aliphatic hydroxyl groups excluding tert-OH is 1. The Morgan fingerprint density at radius 3 is 2.77 bits per heavy atom. The summed E-state index contributed by atoms with van der Waals surface area (Å²) in [5, 5.41) is 14.1. The van der Waals surface area contributed by atoms with E-state index in [1.54, 1.807) is 17.8 Å². The molecule has 0 spiro atoms. The second kappa shape index (κ2) is 9.48. The summed E-state index contributed by atoms with van der Waals surface area (Å²) < 4.78 is 25.2. The average molecular weight is 467 g/mol. The first kappa shape index (κ1) is 22.6. The molecule has 0 radical (unpaired) electrons. The number of sulfonamides is 1. The number of aliphatic hydroxyl groups is 1. The van der Waals surface area contributed by atoms with E-state index in [0.717, 1.165) is 44.2 Å². The Bertz CT molecular complexity index is 1080. The number of H-pyrrole nitrogens is 1. The number of aromatic amines is 1. The fourth-order valence-corrected chi connectivity index (χ4v) is 6.40. The van der Waals surface area contributed by atoms with Gasteiger partial charge in [0.25, 0.3) is 5.56 Å². The van der Waals surface area contributed by atoms with Gasteiger partial charge in [-0.15, -0.1) is 0 Å². The first-order valence-corrected chi connectivity index (χ1v) is 13.7. The molecule has 1 aliphatic carbocycles. The average Bonchev–Trinajstić information content (AvgIpc) is 2.73. The van der Waals surface area contributed by atoms with E-state index in [0.29, 0.717) is 40.8 Å². The monoisotopic (exact) mass is 466 g/mol. The molecular weight excluding hydrogens is 436 g/mol. The summed E-state index contributed by atoms with van der Waals surface area (Å²) in [6, 6.07) is 5.51. The summed E-state index contributed by atoms with van der Waals surface area (Å²) in [6.07, 6.45) is 6.44. The van der Waals surface area contributed by atoms with Crippen molar-refractivity contribution in [3.63, 3.8) is 0 Å². The van der Waals surface area contributed by atoms with Gasteiger partial charge < -0.3 is 15.4 Å². The largest absolute Gasteiger partial charge is 0.393 e. The number of rotatable bonds is 6. The predicted molar refractivity (Wildman–Crippen MR) is 125 cm³/mol. The van der Waals surface area contributed by atoms with Crippen molar-refractivity contribution in [1.82, 2.24) is 14.3 Å². The van der Waals surface area contributed by atoms with E-state index in [9.17, 15) is 18.3 Å². The van der Waals surface area contributed by atoms with Gasteiger partial charge >= 0.3 is 0 Å². The van der Waals surface area contributed by atoms with Crippen molar-refractivity contribution >= 4 is 38.4 Å². The van der Waals surface area contributed by atoms with Crippen molar-refractivity contribution in [2.45, 2.75) is 61.7 Å². The molecule has 170 valence electrons. The van der Waals surface area contributed by atoms with Crippen molar-refractivity contribution < 1.29 is 13.5 Å². The van der Waals surface area contributed by atoms with Crippen LogP contribution >= 0.6 is 11.8 Å². The normalized spacial score (nSPS) is 25.5. The Hall–Kier alpha value is -1.62. The second-order valence-electron chi connectivity index (χ2n) is 8.59. The molecule has 1 saturated heterocycles. The molecule has 2 aliphatic rings. The van der Waals surface area contributed by atoms with Crippen molar-refractivity contribution in [3.05, 3.63) is 34.4 Å². The molecule has 1 saturated carbocycles. The molecule has 4 rings (SSSR count). The highest BCUT2D eigenvalue weighted by atomic mass is 32.2. The van der Waals surface area contributed by atoms with E-state index in [-0.39, 0.29) is 17.7 Å². The number of piperidine rings is 1. The van der Waals surface area contributed by atoms with Gasteiger partial charge in [0.1, 0.15) is 5.82 Å². The van der Waals surface area contributed by atoms with Gasteiger partial charge in [-0.2, -0.15) is 11.8 Å². The first-order valence-electron chi connectivity index (χ1n) is 10.8. The van der Waals surface area contributed by atoms with Crippen LogP contribution in [-0.2, 0) is 15.8 Å². The Morgan fingerprint density at radius 1 is 1.26 bits per heavy atom. The van der Waals surface area contributed by atoms with Crippen LogP contribution in [0.15, 0.2) is 23.0 Å². The zero-order valence-electron chi connectivity index (χ0n) is 17.7. The van der Waals surface area contributed by atoms with E-state index in [1.165, 1.54) is 10.6 Å². The van der Waals surface area contributed by atoms with Gasteiger partial charge in [-0.1, -0.05) is 0 Å². The lowest BCUT2D eigenvalue weighted by Gasteiger charge is -2.32. The SMILES string of the molecule is CS(=O)(=O)N1CCC[C@@H](Nc2ccc3c(=O)[nH]c(CS[C@H]4CC[C@H](O)CC4)nc3c2)C1. The van der Waals surface area contributed by atoms with E-state index in [1.807, 2.05) is 12.1 Å². The Balaban J connectivity index is 1.45. The van der Waals surface area contributed by atoms with Crippen LogP contribution in [-0.4, -0.2) is 64.5 Å². The third-order valence-corrected chi connectivity index (χ3v) is 8.73. The van der Waals surface area contributed by atoms with Crippen LogP contribution in [0.1, 0.15) is 44.3 Å². The first-order chi connectivity index (χ1) is 14.8. The van der Waals surface area contributed by atoms with Gasteiger partial charge in [-0.3, -0.25) is 4.79 Å². The summed E-state index contributed by atoms with van der Waals surface area (Å²) in [7, 11) is -3.20. The third kappa shape index (κ3) is 5.79. The van der Waals surface area contributed by atoms with Crippen molar-refractivity contribution in [2.24, 2.45) is 0 Å². The van der Waals surface area contributed by atoms with Crippen LogP contribution in [0.4, 0.5) is 5.69 Å². The smallest absolute Gasteiger partial charge is 0.258 e. The fraction of sp³-hybridized carbons (Fsp3) is 0.619. The number of nitrogens with one attached hydrogen (secondary N) is 2. The number of benzene rings is 1. The van der Waals surface area contributed by atoms with Crippen LogP contribution < -0.4 is 10.9 Å². The molecule has 31 heavy (non-hydrogen) atoms.